The van der Waals surface area contributed by atoms with E-state index in [1.807, 2.05) is 50.9 Å². The van der Waals surface area contributed by atoms with Gasteiger partial charge in [0.15, 0.2) is 0 Å². The van der Waals surface area contributed by atoms with Gasteiger partial charge < -0.3 is 10.0 Å². The average Bonchev–Trinajstić information content (AvgIpc) is 2.27. The van der Waals surface area contributed by atoms with Crippen molar-refractivity contribution in [2.75, 3.05) is 13.7 Å². The standard InChI is InChI=1S/C13H19NOS/c1-10-6-5-7-11(8-10)12(16)14(4)13(2,3)9-15/h5-8,15H,9H2,1-4H3. The molecular formula is C13H19NOS. The smallest absolute Gasteiger partial charge is 0.109 e. The van der Waals surface area contributed by atoms with Crippen molar-refractivity contribution < 1.29 is 5.11 Å². The van der Waals surface area contributed by atoms with Crippen LogP contribution >= 0.6 is 12.2 Å². The number of thiocarbonyl (C=S) groups is 1. The lowest BCUT2D eigenvalue weighted by Gasteiger charge is -2.36. The summed E-state index contributed by atoms with van der Waals surface area (Å²) in [6, 6.07) is 8.10. The van der Waals surface area contributed by atoms with Gasteiger partial charge in [-0.05, 0) is 26.8 Å². The number of nitrogens with zero attached hydrogens (tertiary/aromatic N) is 1. The largest absolute Gasteiger partial charge is 0.394 e. The summed E-state index contributed by atoms with van der Waals surface area (Å²) in [5.74, 6) is 0. The van der Waals surface area contributed by atoms with Gasteiger partial charge in [0.25, 0.3) is 0 Å². The molecule has 0 aliphatic heterocycles. The van der Waals surface area contributed by atoms with E-state index >= 15 is 0 Å². The summed E-state index contributed by atoms with van der Waals surface area (Å²) in [6.45, 7) is 6.06. The number of hydrogen-bond donors (Lipinski definition) is 1. The second-order valence-corrected chi connectivity index (χ2v) is 5.09. The molecule has 0 amide bonds. The molecule has 1 aromatic carbocycles. The van der Waals surface area contributed by atoms with Gasteiger partial charge in [0, 0.05) is 12.6 Å². The van der Waals surface area contributed by atoms with Crippen LogP contribution in [0.25, 0.3) is 0 Å². The van der Waals surface area contributed by atoms with Gasteiger partial charge >= 0.3 is 0 Å². The monoisotopic (exact) mass is 237 g/mol. The molecular weight excluding hydrogens is 218 g/mol. The fraction of sp³-hybridized carbons (Fsp3) is 0.462. The van der Waals surface area contributed by atoms with Crippen LogP contribution in [0.2, 0.25) is 0 Å². The van der Waals surface area contributed by atoms with Crippen LogP contribution < -0.4 is 0 Å². The number of rotatable bonds is 3. The molecule has 0 saturated carbocycles. The zero-order valence-corrected chi connectivity index (χ0v) is 11.1. The van der Waals surface area contributed by atoms with Gasteiger partial charge in [-0.3, -0.25) is 0 Å². The summed E-state index contributed by atoms with van der Waals surface area (Å²) < 4.78 is 0. The highest BCUT2D eigenvalue weighted by Crippen LogP contribution is 2.16. The lowest BCUT2D eigenvalue weighted by molar-refractivity contribution is 0.132. The predicted molar refractivity (Wildman–Crippen MR) is 71.8 cm³/mol. The van der Waals surface area contributed by atoms with E-state index in [1.54, 1.807) is 0 Å². The molecule has 0 aliphatic carbocycles. The second kappa shape index (κ2) is 4.93. The van der Waals surface area contributed by atoms with Crippen molar-refractivity contribution in [2.24, 2.45) is 0 Å². The van der Waals surface area contributed by atoms with Crippen molar-refractivity contribution in [3.8, 4) is 0 Å². The van der Waals surface area contributed by atoms with Gasteiger partial charge in [-0.1, -0.05) is 36.0 Å². The Balaban J connectivity index is 2.95. The first-order valence-electron chi connectivity index (χ1n) is 5.34. The highest BCUT2D eigenvalue weighted by molar-refractivity contribution is 7.80. The summed E-state index contributed by atoms with van der Waals surface area (Å²) >= 11 is 5.43. The normalized spacial score (nSPS) is 11.3. The minimum atomic E-state index is -0.333. The van der Waals surface area contributed by atoms with Crippen molar-refractivity contribution in [2.45, 2.75) is 26.3 Å². The van der Waals surface area contributed by atoms with Crippen molar-refractivity contribution in [3.63, 3.8) is 0 Å². The van der Waals surface area contributed by atoms with Gasteiger partial charge in [0.1, 0.15) is 4.99 Å². The molecule has 0 fully saturated rings. The van der Waals surface area contributed by atoms with E-state index in [2.05, 4.69) is 6.07 Å². The van der Waals surface area contributed by atoms with Crippen molar-refractivity contribution >= 4 is 17.2 Å². The van der Waals surface area contributed by atoms with Crippen LogP contribution in [0.15, 0.2) is 24.3 Å². The Morgan fingerprint density at radius 2 is 2.06 bits per heavy atom. The minimum Gasteiger partial charge on any atom is -0.394 e. The minimum absolute atomic E-state index is 0.0788. The molecule has 88 valence electrons. The zero-order valence-electron chi connectivity index (χ0n) is 10.3. The summed E-state index contributed by atoms with van der Waals surface area (Å²) in [4.78, 5) is 2.71. The topological polar surface area (TPSA) is 23.5 Å². The van der Waals surface area contributed by atoms with Crippen molar-refractivity contribution in [1.29, 1.82) is 0 Å². The lowest BCUT2D eigenvalue weighted by atomic mass is 10.0. The Hall–Kier alpha value is -0.930. The molecule has 0 saturated heterocycles. The first kappa shape index (κ1) is 13.1. The highest BCUT2D eigenvalue weighted by atomic mass is 32.1. The van der Waals surface area contributed by atoms with Gasteiger partial charge in [-0.15, -0.1) is 0 Å². The second-order valence-electron chi connectivity index (χ2n) is 4.70. The molecule has 0 spiro atoms. The maximum Gasteiger partial charge on any atom is 0.109 e. The number of aliphatic hydroxyl groups is 1. The number of aryl methyl sites for hydroxylation is 1. The van der Waals surface area contributed by atoms with E-state index < -0.39 is 0 Å². The third kappa shape index (κ3) is 2.80. The maximum absolute atomic E-state index is 9.31. The Morgan fingerprint density at radius 3 is 2.56 bits per heavy atom. The quantitative estimate of drug-likeness (QED) is 0.816. The number of aliphatic hydroxyl groups excluding tert-OH is 1. The van der Waals surface area contributed by atoms with Crippen LogP contribution in [0.3, 0.4) is 0 Å². The van der Waals surface area contributed by atoms with Crippen LogP contribution in [-0.4, -0.2) is 34.2 Å². The van der Waals surface area contributed by atoms with E-state index in [-0.39, 0.29) is 12.1 Å². The first-order valence-corrected chi connectivity index (χ1v) is 5.75. The molecule has 3 heteroatoms. The van der Waals surface area contributed by atoms with Crippen LogP contribution in [-0.2, 0) is 0 Å². The summed E-state index contributed by atoms with van der Waals surface area (Å²) in [5.41, 5.74) is 1.88. The molecule has 2 nitrogen and oxygen atoms in total. The molecule has 0 atom stereocenters. The molecule has 1 rings (SSSR count). The van der Waals surface area contributed by atoms with Crippen LogP contribution in [0.1, 0.15) is 25.0 Å². The zero-order chi connectivity index (χ0) is 12.3. The van der Waals surface area contributed by atoms with E-state index in [4.69, 9.17) is 12.2 Å². The number of benzene rings is 1. The molecule has 0 bridgehead atoms. The predicted octanol–water partition coefficient (Wildman–Crippen LogP) is 2.37. The molecule has 16 heavy (non-hydrogen) atoms. The lowest BCUT2D eigenvalue weighted by Crippen LogP contribution is -2.47. The van der Waals surface area contributed by atoms with E-state index in [0.29, 0.717) is 0 Å². The average molecular weight is 237 g/mol. The van der Waals surface area contributed by atoms with Crippen molar-refractivity contribution in [3.05, 3.63) is 35.4 Å². The van der Waals surface area contributed by atoms with Gasteiger partial charge in [0.05, 0.1) is 12.1 Å². The SMILES string of the molecule is Cc1cccc(C(=S)N(C)C(C)(C)CO)c1. The van der Waals surface area contributed by atoms with Crippen LogP contribution in [0.5, 0.6) is 0 Å². The van der Waals surface area contributed by atoms with E-state index in [1.165, 1.54) is 5.56 Å². The number of hydrogen-bond acceptors (Lipinski definition) is 2. The molecule has 0 unspecified atom stereocenters. The van der Waals surface area contributed by atoms with Gasteiger partial charge in [-0.2, -0.15) is 0 Å². The van der Waals surface area contributed by atoms with Gasteiger partial charge in [0.2, 0.25) is 0 Å². The molecule has 0 radical (unpaired) electrons. The third-order valence-electron chi connectivity index (χ3n) is 2.86. The molecule has 0 aliphatic rings. The summed E-state index contributed by atoms with van der Waals surface area (Å²) in [5, 5.41) is 9.31. The van der Waals surface area contributed by atoms with Crippen LogP contribution in [0.4, 0.5) is 0 Å². The fourth-order valence-corrected chi connectivity index (χ4v) is 1.73. The highest BCUT2D eigenvalue weighted by Gasteiger charge is 2.24. The van der Waals surface area contributed by atoms with E-state index in [9.17, 15) is 5.11 Å². The molecule has 0 heterocycles. The first-order chi connectivity index (χ1) is 7.38. The molecule has 1 aromatic rings. The maximum atomic E-state index is 9.31. The molecule has 0 aromatic heterocycles. The third-order valence-corrected chi connectivity index (χ3v) is 3.37. The Labute approximate surface area is 103 Å². The number of likely N-dealkylation sites (N-methyl/N-ethyl adjacent to an activating group) is 1. The van der Waals surface area contributed by atoms with Gasteiger partial charge in [-0.25, -0.2) is 0 Å². The van der Waals surface area contributed by atoms with E-state index in [0.717, 1.165) is 10.6 Å². The summed E-state index contributed by atoms with van der Waals surface area (Å²) in [6.07, 6.45) is 0. The van der Waals surface area contributed by atoms with Crippen molar-refractivity contribution in [1.82, 2.24) is 4.90 Å². The summed E-state index contributed by atoms with van der Waals surface area (Å²) in [7, 11) is 1.92. The Kier molecular flexibility index (Phi) is 4.05. The van der Waals surface area contributed by atoms with Crippen LogP contribution in [0, 0.1) is 6.92 Å². The fourth-order valence-electron chi connectivity index (χ4n) is 1.35. The molecule has 1 N–H and O–H groups in total. The Morgan fingerprint density at radius 1 is 1.44 bits per heavy atom. The Bertz CT molecular complexity index is 387.